The Morgan fingerprint density at radius 2 is 2.21 bits per heavy atom. The number of carbonyl (C=O) groups excluding carboxylic acids is 1. The van der Waals surface area contributed by atoms with Gasteiger partial charge in [0.05, 0.1) is 0 Å². The van der Waals surface area contributed by atoms with E-state index in [4.69, 9.17) is 10.2 Å². The molecular formula is C7H14N2O4S. The van der Waals surface area contributed by atoms with Crippen molar-refractivity contribution < 1.29 is 18.3 Å². The van der Waals surface area contributed by atoms with Crippen LogP contribution in [0.5, 0.6) is 0 Å². The summed E-state index contributed by atoms with van der Waals surface area (Å²) < 4.78 is 21.9. The Hall–Kier alpha value is -0.660. The van der Waals surface area contributed by atoms with Gasteiger partial charge in [0, 0.05) is 26.1 Å². The first-order chi connectivity index (χ1) is 6.45. The predicted octanol–water partition coefficient (Wildman–Crippen LogP) is -1.74. The van der Waals surface area contributed by atoms with Crippen LogP contribution in [-0.4, -0.2) is 49.3 Å². The maximum Gasteiger partial charge on any atom is 0.224 e. The standard InChI is InChI=1S/C7H14N2O4S/c8-14(12,13)6-4-7(11)9(5-6)2-1-3-10/h6,10H,1-5H2,(H2,8,12,13). The molecule has 1 unspecified atom stereocenters. The Morgan fingerprint density at radius 3 is 2.64 bits per heavy atom. The van der Waals surface area contributed by atoms with Crippen LogP contribution in [0.4, 0.5) is 0 Å². The van der Waals surface area contributed by atoms with Crippen LogP contribution in [0.2, 0.25) is 0 Å². The minimum absolute atomic E-state index is 0.0101. The summed E-state index contributed by atoms with van der Waals surface area (Å²) in [4.78, 5) is 12.7. The van der Waals surface area contributed by atoms with E-state index in [0.29, 0.717) is 13.0 Å². The molecule has 1 heterocycles. The summed E-state index contributed by atoms with van der Waals surface area (Å²) in [6.45, 7) is 0.531. The smallest absolute Gasteiger partial charge is 0.224 e. The fourth-order valence-electron chi connectivity index (χ4n) is 1.43. The molecule has 1 amide bonds. The Balaban J connectivity index is 2.56. The SMILES string of the molecule is NS(=O)(=O)C1CC(=O)N(CCCO)C1. The minimum Gasteiger partial charge on any atom is -0.396 e. The van der Waals surface area contributed by atoms with Crippen LogP contribution in [0.1, 0.15) is 12.8 Å². The van der Waals surface area contributed by atoms with Gasteiger partial charge in [-0.25, -0.2) is 13.6 Å². The average molecular weight is 222 g/mol. The van der Waals surface area contributed by atoms with E-state index >= 15 is 0 Å². The minimum atomic E-state index is -3.62. The van der Waals surface area contributed by atoms with E-state index in [1.54, 1.807) is 0 Å². The summed E-state index contributed by atoms with van der Waals surface area (Å²) in [7, 11) is -3.62. The number of carbonyl (C=O) groups is 1. The van der Waals surface area contributed by atoms with Gasteiger partial charge in [-0.1, -0.05) is 0 Å². The molecular weight excluding hydrogens is 208 g/mol. The Bertz CT molecular complexity index is 314. The molecule has 0 spiro atoms. The molecule has 14 heavy (non-hydrogen) atoms. The number of likely N-dealkylation sites (tertiary alicyclic amines) is 1. The van der Waals surface area contributed by atoms with E-state index < -0.39 is 15.3 Å². The maximum absolute atomic E-state index is 11.3. The molecule has 1 saturated heterocycles. The number of aliphatic hydroxyl groups excluding tert-OH is 1. The van der Waals surface area contributed by atoms with E-state index in [1.807, 2.05) is 0 Å². The summed E-state index contributed by atoms with van der Waals surface area (Å²) in [6, 6.07) is 0. The number of hydrogen-bond acceptors (Lipinski definition) is 4. The number of nitrogens with two attached hydrogens (primary N) is 1. The van der Waals surface area contributed by atoms with Gasteiger partial charge in [-0.2, -0.15) is 0 Å². The molecule has 1 rings (SSSR count). The molecule has 0 aromatic carbocycles. The lowest BCUT2D eigenvalue weighted by molar-refractivity contribution is -0.127. The van der Waals surface area contributed by atoms with Gasteiger partial charge in [0.2, 0.25) is 15.9 Å². The van der Waals surface area contributed by atoms with Crippen molar-refractivity contribution in [3.8, 4) is 0 Å². The van der Waals surface area contributed by atoms with Crippen molar-refractivity contribution in [1.82, 2.24) is 4.90 Å². The second-order valence-corrected chi connectivity index (χ2v) is 5.18. The average Bonchev–Trinajstić information content (AvgIpc) is 2.43. The summed E-state index contributed by atoms with van der Waals surface area (Å²) in [5.74, 6) is -0.211. The molecule has 1 aliphatic rings. The van der Waals surface area contributed by atoms with Crippen molar-refractivity contribution in [2.75, 3.05) is 19.7 Å². The third-order valence-corrected chi connectivity index (χ3v) is 3.47. The van der Waals surface area contributed by atoms with Gasteiger partial charge in [0.25, 0.3) is 0 Å². The van der Waals surface area contributed by atoms with E-state index in [1.165, 1.54) is 4.90 Å². The van der Waals surface area contributed by atoms with Gasteiger partial charge in [0.1, 0.15) is 5.25 Å². The Labute approximate surface area is 82.7 Å². The second-order valence-electron chi connectivity index (χ2n) is 3.33. The first-order valence-corrected chi connectivity index (χ1v) is 5.96. The topological polar surface area (TPSA) is 101 Å². The number of nitrogens with zero attached hydrogens (tertiary/aromatic N) is 1. The molecule has 1 atom stereocenters. The van der Waals surface area contributed by atoms with Gasteiger partial charge in [-0.05, 0) is 6.42 Å². The molecule has 1 fully saturated rings. The first-order valence-electron chi connectivity index (χ1n) is 4.35. The van der Waals surface area contributed by atoms with Gasteiger partial charge >= 0.3 is 0 Å². The van der Waals surface area contributed by atoms with Gasteiger partial charge < -0.3 is 10.0 Å². The molecule has 0 aromatic heterocycles. The highest BCUT2D eigenvalue weighted by Gasteiger charge is 2.35. The Kier molecular flexibility index (Phi) is 3.46. The highest BCUT2D eigenvalue weighted by Crippen LogP contribution is 2.16. The zero-order valence-electron chi connectivity index (χ0n) is 7.72. The molecule has 0 aromatic rings. The molecule has 6 nitrogen and oxygen atoms in total. The largest absolute Gasteiger partial charge is 0.396 e. The predicted molar refractivity (Wildman–Crippen MR) is 49.8 cm³/mol. The normalized spacial score (nSPS) is 23.1. The van der Waals surface area contributed by atoms with Crippen molar-refractivity contribution in [1.29, 1.82) is 0 Å². The molecule has 7 heteroatoms. The van der Waals surface area contributed by atoms with Crippen LogP contribution in [0, 0.1) is 0 Å². The lowest BCUT2D eigenvalue weighted by Gasteiger charge is -2.14. The van der Waals surface area contributed by atoms with Gasteiger partial charge in [-0.15, -0.1) is 0 Å². The fraction of sp³-hybridized carbons (Fsp3) is 0.857. The number of hydrogen-bond donors (Lipinski definition) is 2. The zero-order valence-corrected chi connectivity index (χ0v) is 8.53. The van der Waals surface area contributed by atoms with Gasteiger partial charge in [0.15, 0.2) is 0 Å². The van der Waals surface area contributed by atoms with Crippen LogP contribution in [-0.2, 0) is 14.8 Å². The van der Waals surface area contributed by atoms with Gasteiger partial charge in [-0.3, -0.25) is 4.79 Å². The van der Waals surface area contributed by atoms with Crippen LogP contribution in [0.3, 0.4) is 0 Å². The van der Waals surface area contributed by atoms with Crippen molar-refractivity contribution in [3.63, 3.8) is 0 Å². The molecule has 0 bridgehead atoms. The Morgan fingerprint density at radius 1 is 1.57 bits per heavy atom. The maximum atomic E-state index is 11.3. The van der Waals surface area contributed by atoms with Crippen LogP contribution in [0.15, 0.2) is 0 Å². The highest BCUT2D eigenvalue weighted by molar-refractivity contribution is 7.89. The quantitative estimate of drug-likeness (QED) is 0.589. The number of rotatable bonds is 4. The second kappa shape index (κ2) is 4.24. The van der Waals surface area contributed by atoms with Crippen molar-refractivity contribution in [3.05, 3.63) is 0 Å². The first kappa shape index (κ1) is 11.4. The highest BCUT2D eigenvalue weighted by atomic mass is 32.2. The van der Waals surface area contributed by atoms with Crippen LogP contribution in [0.25, 0.3) is 0 Å². The summed E-state index contributed by atoms with van der Waals surface area (Å²) in [6.07, 6.45) is 0.424. The number of aliphatic hydroxyl groups is 1. The van der Waals surface area contributed by atoms with E-state index in [2.05, 4.69) is 0 Å². The summed E-state index contributed by atoms with van der Waals surface area (Å²) in [5.41, 5.74) is 0. The lowest BCUT2D eigenvalue weighted by atomic mass is 10.4. The molecule has 1 aliphatic heterocycles. The van der Waals surface area contributed by atoms with Crippen molar-refractivity contribution in [2.45, 2.75) is 18.1 Å². The molecule has 82 valence electrons. The summed E-state index contributed by atoms with van der Waals surface area (Å²) in [5, 5.41) is 12.7. The number of sulfonamides is 1. The molecule has 0 aliphatic carbocycles. The fourth-order valence-corrected chi connectivity index (χ4v) is 2.20. The van der Waals surface area contributed by atoms with Crippen molar-refractivity contribution >= 4 is 15.9 Å². The lowest BCUT2D eigenvalue weighted by Crippen LogP contribution is -2.32. The van der Waals surface area contributed by atoms with Crippen molar-refractivity contribution in [2.24, 2.45) is 5.14 Å². The third-order valence-electron chi connectivity index (χ3n) is 2.23. The number of amides is 1. The van der Waals surface area contributed by atoms with Crippen LogP contribution < -0.4 is 5.14 Å². The molecule has 0 radical (unpaired) electrons. The summed E-state index contributed by atoms with van der Waals surface area (Å²) >= 11 is 0. The van der Waals surface area contributed by atoms with E-state index in [-0.39, 0.29) is 25.5 Å². The van der Waals surface area contributed by atoms with E-state index in [0.717, 1.165) is 0 Å². The van der Waals surface area contributed by atoms with Crippen LogP contribution >= 0.6 is 0 Å². The van der Waals surface area contributed by atoms with E-state index in [9.17, 15) is 13.2 Å². The molecule has 3 N–H and O–H groups in total. The number of primary sulfonamides is 1. The monoisotopic (exact) mass is 222 g/mol. The zero-order chi connectivity index (χ0) is 10.8. The molecule has 0 saturated carbocycles. The third kappa shape index (κ3) is 2.66.